The van der Waals surface area contributed by atoms with Crippen molar-refractivity contribution < 1.29 is 14.5 Å². The maximum Gasteiger partial charge on any atom is 0.353 e. The number of aromatic nitrogens is 2. The first-order valence-electron chi connectivity index (χ1n) is 9.13. The van der Waals surface area contributed by atoms with Gasteiger partial charge in [-0.15, -0.1) is 0 Å². The molecule has 0 radical (unpaired) electrons. The van der Waals surface area contributed by atoms with Crippen LogP contribution in [0.3, 0.4) is 0 Å². The summed E-state index contributed by atoms with van der Waals surface area (Å²) in [6.45, 7) is 4.86. The molecule has 2 N–H and O–H groups in total. The Kier molecular flexibility index (Phi) is 4.17. The van der Waals surface area contributed by atoms with Gasteiger partial charge >= 0.3 is 5.69 Å². The summed E-state index contributed by atoms with van der Waals surface area (Å²) < 4.78 is 6.36. The van der Waals surface area contributed by atoms with E-state index in [9.17, 15) is 14.9 Å². The van der Waals surface area contributed by atoms with E-state index in [2.05, 4.69) is 9.97 Å². The fraction of sp³-hybridized carbons (Fsp3) is 0.421. The summed E-state index contributed by atoms with van der Waals surface area (Å²) in [4.78, 5) is 33.2. The van der Waals surface area contributed by atoms with Crippen LogP contribution in [0.15, 0.2) is 18.5 Å². The zero-order valence-corrected chi connectivity index (χ0v) is 15.8. The Morgan fingerprint density at radius 3 is 2.64 bits per heavy atom. The van der Waals surface area contributed by atoms with Crippen molar-refractivity contribution in [2.45, 2.75) is 38.7 Å². The van der Waals surface area contributed by atoms with Gasteiger partial charge in [-0.3, -0.25) is 14.9 Å². The highest BCUT2D eigenvalue weighted by molar-refractivity contribution is 6.01. The average molecular weight is 383 g/mol. The smallest absolute Gasteiger partial charge is 0.353 e. The average Bonchev–Trinajstić information content (AvgIpc) is 2.63. The van der Waals surface area contributed by atoms with Gasteiger partial charge in [-0.05, 0) is 31.0 Å². The van der Waals surface area contributed by atoms with Gasteiger partial charge in [-0.25, -0.2) is 9.97 Å². The Morgan fingerprint density at radius 1 is 1.25 bits per heavy atom. The Bertz CT molecular complexity index is 983. The standard InChI is InChI=1S/C19H21N5O4/c1-11-7-12(2)16-13(8-11)14(25)9-19(28-16)3-5-23(6-4-19)18-15(24(26)27)17(20)21-10-22-18/h7-8,10H,3-6,9H2,1-2H3,(H2,20,21,22). The van der Waals surface area contributed by atoms with Gasteiger partial charge in [0.2, 0.25) is 11.6 Å². The SMILES string of the molecule is Cc1cc(C)c2c(c1)C(=O)CC1(CCN(c3ncnc(N)c3[N+](=O)[O-])CC1)O2. The fourth-order valence-electron chi connectivity index (χ4n) is 4.13. The number of ether oxygens (including phenoxy) is 1. The second kappa shape index (κ2) is 6.43. The van der Waals surface area contributed by atoms with Crippen molar-refractivity contribution in [1.29, 1.82) is 0 Å². The second-order valence-electron chi connectivity index (χ2n) is 7.52. The Morgan fingerprint density at radius 2 is 1.96 bits per heavy atom. The van der Waals surface area contributed by atoms with Crippen molar-refractivity contribution in [3.8, 4) is 5.75 Å². The zero-order valence-electron chi connectivity index (χ0n) is 15.8. The molecule has 3 heterocycles. The molecule has 146 valence electrons. The monoisotopic (exact) mass is 383 g/mol. The third-order valence-electron chi connectivity index (χ3n) is 5.51. The molecule has 0 unspecified atom stereocenters. The molecule has 0 amide bonds. The number of nitrogen functional groups attached to an aromatic ring is 1. The van der Waals surface area contributed by atoms with Crippen molar-refractivity contribution in [2.75, 3.05) is 23.7 Å². The molecule has 1 aromatic heterocycles. The van der Waals surface area contributed by atoms with Crippen LogP contribution < -0.4 is 15.4 Å². The molecule has 28 heavy (non-hydrogen) atoms. The lowest BCUT2D eigenvalue weighted by Gasteiger charge is -2.44. The number of carbonyl (C=O) groups excluding carboxylic acids is 1. The largest absolute Gasteiger partial charge is 0.486 e. The van der Waals surface area contributed by atoms with Crippen LogP contribution in [-0.2, 0) is 0 Å². The van der Waals surface area contributed by atoms with E-state index in [1.54, 1.807) is 0 Å². The lowest BCUT2D eigenvalue weighted by Crippen LogP contribution is -2.51. The Balaban J connectivity index is 1.59. The van der Waals surface area contributed by atoms with Gasteiger partial charge in [-0.1, -0.05) is 6.07 Å². The van der Waals surface area contributed by atoms with E-state index in [4.69, 9.17) is 10.5 Å². The summed E-state index contributed by atoms with van der Waals surface area (Å²) in [7, 11) is 0. The molecule has 4 rings (SSSR count). The molecule has 1 fully saturated rings. The van der Waals surface area contributed by atoms with Crippen LogP contribution in [0.25, 0.3) is 0 Å². The zero-order chi connectivity index (χ0) is 20.1. The number of ketones is 1. The number of hydrogen-bond acceptors (Lipinski definition) is 8. The number of nitrogens with zero attached hydrogens (tertiary/aromatic N) is 4. The quantitative estimate of drug-likeness (QED) is 0.620. The van der Waals surface area contributed by atoms with Crippen molar-refractivity contribution in [2.24, 2.45) is 0 Å². The van der Waals surface area contributed by atoms with Crippen molar-refractivity contribution in [1.82, 2.24) is 9.97 Å². The first-order valence-corrected chi connectivity index (χ1v) is 9.13. The number of nitro groups is 1. The van der Waals surface area contributed by atoms with Gasteiger partial charge in [0.05, 0.1) is 16.9 Å². The second-order valence-corrected chi connectivity index (χ2v) is 7.52. The minimum Gasteiger partial charge on any atom is -0.486 e. The van der Waals surface area contributed by atoms with E-state index in [0.29, 0.717) is 43.7 Å². The number of piperidine rings is 1. The van der Waals surface area contributed by atoms with Crippen LogP contribution in [0.1, 0.15) is 40.7 Å². The summed E-state index contributed by atoms with van der Waals surface area (Å²) in [5.74, 6) is 0.798. The first kappa shape index (κ1) is 18.1. The maximum atomic E-state index is 12.8. The fourth-order valence-corrected chi connectivity index (χ4v) is 4.13. The molecule has 0 aliphatic carbocycles. The Hall–Kier alpha value is -3.23. The van der Waals surface area contributed by atoms with E-state index in [1.807, 2.05) is 30.9 Å². The summed E-state index contributed by atoms with van der Waals surface area (Å²) >= 11 is 0. The topological polar surface area (TPSA) is 124 Å². The lowest BCUT2D eigenvalue weighted by atomic mass is 9.81. The molecule has 1 saturated heterocycles. The molecule has 1 spiro atoms. The van der Waals surface area contributed by atoms with Gasteiger partial charge in [0.15, 0.2) is 5.78 Å². The van der Waals surface area contributed by atoms with E-state index in [0.717, 1.165) is 11.1 Å². The normalized spacial score (nSPS) is 17.9. The van der Waals surface area contributed by atoms with Gasteiger partial charge in [0.1, 0.15) is 17.7 Å². The summed E-state index contributed by atoms with van der Waals surface area (Å²) in [6, 6.07) is 3.88. The van der Waals surface area contributed by atoms with Crippen molar-refractivity contribution in [3.05, 3.63) is 45.3 Å². The number of aryl methyl sites for hydroxylation is 2. The van der Waals surface area contributed by atoms with Gasteiger partial charge < -0.3 is 15.4 Å². The van der Waals surface area contributed by atoms with Crippen LogP contribution in [0.2, 0.25) is 0 Å². The third-order valence-corrected chi connectivity index (χ3v) is 5.51. The predicted octanol–water partition coefficient (Wildman–Crippen LogP) is 2.59. The highest BCUT2D eigenvalue weighted by Gasteiger charge is 2.44. The van der Waals surface area contributed by atoms with E-state index < -0.39 is 10.5 Å². The van der Waals surface area contributed by atoms with Crippen LogP contribution >= 0.6 is 0 Å². The van der Waals surface area contributed by atoms with Crippen LogP contribution in [0.5, 0.6) is 5.75 Å². The van der Waals surface area contributed by atoms with Gasteiger partial charge in [-0.2, -0.15) is 0 Å². The highest BCUT2D eigenvalue weighted by Crippen LogP contribution is 2.42. The number of nitrogens with two attached hydrogens (primary N) is 1. The number of fused-ring (bicyclic) bond motifs is 1. The molecule has 9 nitrogen and oxygen atoms in total. The summed E-state index contributed by atoms with van der Waals surface area (Å²) in [5, 5.41) is 11.4. The molecule has 9 heteroatoms. The molecule has 1 aromatic carbocycles. The molecular weight excluding hydrogens is 362 g/mol. The molecule has 2 aliphatic rings. The van der Waals surface area contributed by atoms with E-state index in [1.165, 1.54) is 6.33 Å². The third kappa shape index (κ3) is 2.92. The van der Waals surface area contributed by atoms with Crippen molar-refractivity contribution >= 4 is 23.1 Å². The van der Waals surface area contributed by atoms with Crippen molar-refractivity contribution in [3.63, 3.8) is 0 Å². The number of anilines is 2. The maximum absolute atomic E-state index is 12.8. The van der Waals surface area contributed by atoms with Crippen LogP contribution in [-0.4, -0.2) is 39.4 Å². The molecule has 0 saturated carbocycles. The highest BCUT2D eigenvalue weighted by atomic mass is 16.6. The van der Waals surface area contributed by atoms with Gasteiger partial charge in [0, 0.05) is 25.9 Å². The minimum absolute atomic E-state index is 0.0822. The van der Waals surface area contributed by atoms with E-state index in [-0.39, 0.29) is 23.1 Å². The molecular formula is C19H21N5O4. The Labute approximate surface area is 161 Å². The number of carbonyl (C=O) groups is 1. The summed E-state index contributed by atoms with van der Waals surface area (Å²) in [5.41, 5.74) is 7.43. The summed E-state index contributed by atoms with van der Waals surface area (Å²) in [6.07, 6.45) is 2.66. The van der Waals surface area contributed by atoms with Gasteiger partial charge in [0.25, 0.3) is 0 Å². The minimum atomic E-state index is -0.589. The number of Topliss-reactive ketones (excluding diaryl/α,β-unsaturated/α-hetero) is 1. The van der Waals surface area contributed by atoms with Crippen LogP contribution in [0.4, 0.5) is 17.3 Å². The lowest BCUT2D eigenvalue weighted by molar-refractivity contribution is -0.383. The molecule has 2 aromatic rings. The molecule has 0 atom stereocenters. The first-order chi connectivity index (χ1) is 13.3. The number of benzene rings is 1. The van der Waals surface area contributed by atoms with Crippen LogP contribution in [0, 0.1) is 24.0 Å². The number of hydrogen-bond donors (Lipinski definition) is 1. The predicted molar refractivity (Wildman–Crippen MR) is 103 cm³/mol. The molecule has 0 bridgehead atoms. The number of rotatable bonds is 2. The molecule has 2 aliphatic heterocycles. The van der Waals surface area contributed by atoms with E-state index >= 15 is 0 Å².